The van der Waals surface area contributed by atoms with Crippen molar-refractivity contribution in [3.05, 3.63) is 23.4 Å². The van der Waals surface area contributed by atoms with Crippen LogP contribution in [0.25, 0.3) is 10.7 Å². The van der Waals surface area contributed by atoms with Gasteiger partial charge in [0.15, 0.2) is 0 Å². The maximum atomic E-state index is 11.3. The maximum Gasteiger partial charge on any atom is 0.246 e. The number of halogens is 1. The van der Waals surface area contributed by atoms with E-state index in [1.54, 1.807) is 7.05 Å². The Hall–Kier alpha value is -1.40. The molecule has 2 aromatic rings. The Balaban J connectivity index is 2.06. The molecule has 5 nitrogen and oxygen atoms in total. The van der Waals surface area contributed by atoms with Gasteiger partial charge in [-0.1, -0.05) is 11.2 Å². The lowest BCUT2D eigenvalue weighted by Crippen LogP contribution is -2.27. The number of carbonyl (C=O) groups is 1. The molecule has 1 amide bonds. The van der Waals surface area contributed by atoms with Gasteiger partial charge in [-0.25, -0.2) is 0 Å². The van der Waals surface area contributed by atoms with Gasteiger partial charge in [-0.3, -0.25) is 4.79 Å². The molecule has 7 heteroatoms. The van der Waals surface area contributed by atoms with E-state index in [1.807, 2.05) is 17.5 Å². The third-order valence-corrected chi connectivity index (χ3v) is 3.22. The van der Waals surface area contributed by atoms with Gasteiger partial charge in [0.1, 0.15) is 5.88 Å². The Bertz CT molecular complexity index is 497. The largest absolute Gasteiger partial charge is 0.337 e. The van der Waals surface area contributed by atoms with Gasteiger partial charge < -0.3 is 9.42 Å². The van der Waals surface area contributed by atoms with Crippen molar-refractivity contribution < 1.29 is 9.32 Å². The summed E-state index contributed by atoms with van der Waals surface area (Å²) in [5, 5.41) is 5.79. The zero-order chi connectivity index (χ0) is 12.3. The van der Waals surface area contributed by atoms with Gasteiger partial charge in [0, 0.05) is 7.05 Å². The molecule has 0 aliphatic rings. The predicted molar refractivity (Wildman–Crippen MR) is 64.8 cm³/mol. The molecular weight excluding hydrogens is 262 g/mol. The minimum Gasteiger partial charge on any atom is -0.337 e. The summed E-state index contributed by atoms with van der Waals surface area (Å²) < 4.78 is 5.06. The van der Waals surface area contributed by atoms with Crippen molar-refractivity contribution in [1.29, 1.82) is 0 Å². The molecule has 0 aliphatic carbocycles. The van der Waals surface area contributed by atoms with Crippen LogP contribution in [-0.4, -0.2) is 33.9 Å². The number of aromatic nitrogens is 2. The quantitative estimate of drug-likeness (QED) is 0.798. The maximum absolute atomic E-state index is 11.3. The lowest BCUT2D eigenvalue weighted by Gasteiger charge is -2.11. The third-order valence-electron chi connectivity index (χ3n) is 2.12. The molecule has 0 radical (unpaired) electrons. The summed E-state index contributed by atoms with van der Waals surface area (Å²) in [6, 6.07) is 3.83. The van der Waals surface area contributed by atoms with Gasteiger partial charge >= 0.3 is 0 Å². The van der Waals surface area contributed by atoms with Crippen LogP contribution in [0, 0.1) is 0 Å². The van der Waals surface area contributed by atoms with Gasteiger partial charge in [0.2, 0.25) is 17.6 Å². The zero-order valence-electron chi connectivity index (χ0n) is 9.09. The number of nitrogens with zero attached hydrogens (tertiary/aromatic N) is 3. The van der Waals surface area contributed by atoms with Gasteiger partial charge in [-0.2, -0.15) is 4.98 Å². The molecule has 17 heavy (non-hydrogen) atoms. The SMILES string of the molecule is CN(Cc1nc(-c2cccs2)no1)C(=O)CCl. The summed E-state index contributed by atoms with van der Waals surface area (Å²) in [4.78, 5) is 17.8. The highest BCUT2D eigenvalue weighted by Gasteiger charge is 2.14. The van der Waals surface area contributed by atoms with E-state index in [4.69, 9.17) is 16.1 Å². The Morgan fingerprint density at radius 1 is 1.65 bits per heavy atom. The van der Waals surface area contributed by atoms with Crippen LogP contribution in [0.1, 0.15) is 5.89 Å². The molecular formula is C10H10ClN3O2S. The molecule has 2 heterocycles. The number of hydrogen-bond acceptors (Lipinski definition) is 5. The minimum absolute atomic E-state index is 0.0532. The van der Waals surface area contributed by atoms with Crippen LogP contribution in [-0.2, 0) is 11.3 Å². The number of carbonyl (C=O) groups excluding carboxylic acids is 1. The highest BCUT2D eigenvalue weighted by Crippen LogP contribution is 2.21. The van der Waals surface area contributed by atoms with Crippen molar-refractivity contribution in [2.75, 3.05) is 12.9 Å². The first-order valence-corrected chi connectivity index (χ1v) is 6.28. The van der Waals surface area contributed by atoms with E-state index in [-0.39, 0.29) is 18.3 Å². The van der Waals surface area contributed by atoms with Crippen LogP contribution in [0.3, 0.4) is 0 Å². The van der Waals surface area contributed by atoms with Crippen molar-refractivity contribution in [3.63, 3.8) is 0 Å². The number of amides is 1. The van der Waals surface area contributed by atoms with Crippen molar-refractivity contribution >= 4 is 28.8 Å². The van der Waals surface area contributed by atoms with Gasteiger partial charge in [0.25, 0.3) is 0 Å². The standard InChI is InChI=1S/C10H10ClN3O2S/c1-14(9(15)5-11)6-8-12-10(13-16-8)7-3-2-4-17-7/h2-4H,5-6H2,1H3. The zero-order valence-corrected chi connectivity index (χ0v) is 10.7. The molecule has 0 bridgehead atoms. The molecule has 0 saturated carbocycles. The topological polar surface area (TPSA) is 59.2 Å². The highest BCUT2D eigenvalue weighted by atomic mass is 35.5. The average molecular weight is 272 g/mol. The van der Waals surface area contributed by atoms with Crippen LogP contribution < -0.4 is 0 Å². The second kappa shape index (κ2) is 5.29. The second-order valence-corrected chi connectivity index (χ2v) is 4.59. The number of alkyl halides is 1. The Labute approximate surface area is 107 Å². The fourth-order valence-corrected chi connectivity index (χ4v) is 2.07. The number of thiophene rings is 1. The molecule has 0 saturated heterocycles. The van der Waals surface area contributed by atoms with E-state index in [1.165, 1.54) is 16.2 Å². The summed E-state index contributed by atoms with van der Waals surface area (Å²) in [6.45, 7) is 0.268. The fraction of sp³-hybridized carbons (Fsp3) is 0.300. The first-order chi connectivity index (χ1) is 8.20. The first kappa shape index (κ1) is 12.1. The van der Waals surface area contributed by atoms with E-state index in [9.17, 15) is 4.79 Å². The van der Waals surface area contributed by atoms with E-state index in [0.717, 1.165) is 4.88 Å². The molecule has 90 valence electrons. The lowest BCUT2D eigenvalue weighted by atomic mass is 10.4. The smallest absolute Gasteiger partial charge is 0.246 e. The number of hydrogen-bond donors (Lipinski definition) is 0. The molecule has 2 rings (SSSR count). The predicted octanol–water partition coefficient (Wildman–Crippen LogP) is 2.00. The first-order valence-electron chi connectivity index (χ1n) is 4.87. The third kappa shape index (κ3) is 2.83. The highest BCUT2D eigenvalue weighted by molar-refractivity contribution is 7.13. The van der Waals surface area contributed by atoms with Crippen LogP contribution in [0.4, 0.5) is 0 Å². The van der Waals surface area contributed by atoms with Crippen molar-refractivity contribution in [2.24, 2.45) is 0 Å². The molecule has 0 fully saturated rings. The van der Waals surface area contributed by atoms with Gasteiger partial charge in [0.05, 0.1) is 11.4 Å². The second-order valence-electron chi connectivity index (χ2n) is 3.37. The lowest BCUT2D eigenvalue weighted by molar-refractivity contribution is -0.128. The Morgan fingerprint density at radius 2 is 2.47 bits per heavy atom. The molecule has 0 N–H and O–H groups in total. The normalized spacial score (nSPS) is 10.5. The fourth-order valence-electron chi connectivity index (χ4n) is 1.22. The molecule has 2 aromatic heterocycles. The van der Waals surface area contributed by atoms with Crippen LogP contribution >= 0.6 is 22.9 Å². The molecule has 0 aliphatic heterocycles. The van der Waals surface area contributed by atoms with E-state index in [0.29, 0.717) is 11.7 Å². The molecule has 0 aromatic carbocycles. The van der Waals surface area contributed by atoms with Gasteiger partial charge in [-0.15, -0.1) is 22.9 Å². The number of rotatable bonds is 4. The van der Waals surface area contributed by atoms with E-state index < -0.39 is 0 Å². The van der Waals surface area contributed by atoms with Crippen molar-refractivity contribution in [2.45, 2.75) is 6.54 Å². The Kier molecular flexibility index (Phi) is 3.75. The van der Waals surface area contributed by atoms with Gasteiger partial charge in [-0.05, 0) is 11.4 Å². The molecule has 0 atom stereocenters. The summed E-state index contributed by atoms with van der Waals surface area (Å²) in [6.07, 6.45) is 0. The summed E-state index contributed by atoms with van der Waals surface area (Å²) >= 11 is 6.98. The molecule has 0 spiro atoms. The van der Waals surface area contributed by atoms with Crippen LogP contribution in [0.5, 0.6) is 0 Å². The summed E-state index contributed by atoms with van der Waals surface area (Å²) in [5.74, 6) is 0.709. The van der Waals surface area contributed by atoms with Crippen molar-refractivity contribution in [1.82, 2.24) is 15.0 Å². The van der Waals surface area contributed by atoms with Crippen LogP contribution in [0.15, 0.2) is 22.0 Å². The van der Waals surface area contributed by atoms with E-state index in [2.05, 4.69) is 10.1 Å². The summed E-state index contributed by atoms with van der Waals surface area (Å²) in [5.41, 5.74) is 0. The minimum atomic E-state index is -0.178. The average Bonchev–Trinajstić information content (AvgIpc) is 2.97. The molecule has 0 unspecified atom stereocenters. The summed E-state index contributed by atoms with van der Waals surface area (Å²) in [7, 11) is 1.64. The van der Waals surface area contributed by atoms with Crippen molar-refractivity contribution in [3.8, 4) is 10.7 Å². The van der Waals surface area contributed by atoms with E-state index >= 15 is 0 Å². The monoisotopic (exact) mass is 271 g/mol. The van der Waals surface area contributed by atoms with Crippen LogP contribution in [0.2, 0.25) is 0 Å². The Morgan fingerprint density at radius 3 is 3.12 bits per heavy atom.